The van der Waals surface area contributed by atoms with E-state index in [2.05, 4.69) is 30.6 Å². The lowest BCUT2D eigenvalue weighted by Gasteiger charge is -2.19. The highest BCUT2D eigenvalue weighted by atomic mass is 16.5. The summed E-state index contributed by atoms with van der Waals surface area (Å²) >= 11 is 0. The van der Waals surface area contributed by atoms with Gasteiger partial charge in [0.2, 0.25) is 5.91 Å². The van der Waals surface area contributed by atoms with E-state index in [1.54, 1.807) is 19.2 Å². The number of likely N-dealkylation sites (N-methyl/N-ethyl adjacent to an activating group) is 1. The minimum absolute atomic E-state index is 0.0734. The molecule has 0 saturated carbocycles. The van der Waals surface area contributed by atoms with Gasteiger partial charge in [0, 0.05) is 29.9 Å². The standard InChI is InChI=1S/C25H31N3O4/c1-5-27(6-2)13-14-32-22-12-11-19(15-23(22)31-4)16-26-24(29)17-28-18(3)20-9-7-8-10-21(20)25(28)30/h7-12,15H,3,5-6,13-14,16-17H2,1-2,4H3,(H,26,29). The second-order valence-electron chi connectivity index (χ2n) is 7.52. The van der Waals surface area contributed by atoms with Crippen molar-refractivity contribution in [3.63, 3.8) is 0 Å². The summed E-state index contributed by atoms with van der Waals surface area (Å²) in [4.78, 5) is 28.7. The number of carbonyl (C=O) groups is 2. The Morgan fingerprint density at radius 3 is 2.47 bits per heavy atom. The topological polar surface area (TPSA) is 71.1 Å². The van der Waals surface area contributed by atoms with Gasteiger partial charge in [0.25, 0.3) is 5.91 Å². The summed E-state index contributed by atoms with van der Waals surface area (Å²) in [5.41, 5.74) is 2.77. The number of hydrogen-bond acceptors (Lipinski definition) is 5. The van der Waals surface area contributed by atoms with E-state index in [1.165, 1.54) is 4.90 Å². The Kier molecular flexibility index (Phi) is 7.89. The van der Waals surface area contributed by atoms with Crippen molar-refractivity contribution in [2.45, 2.75) is 20.4 Å². The third kappa shape index (κ3) is 5.29. The number of hydrogen-bond donors (Lipinski definition) is 1. The molecule has 1 aliphatic heterocycles. The van der Waals surface area contributed by atoms with E-state index in [9.17, 15) is 9.59 Å². The molecule has 0 bridgehead atoms. The molecule has 1 aliphatic rings. The van der Waals surface area contributed by atoms with Crippen LogP contribution >= 0.6 is 0 Å². The lowest BCUT2D eigenvalue weighted by atomic mass is 10.1. The van der Waals surface area contributed by atoms with Crippen molar-refractivity contribution in [3.05, 3.63) is 65.7 Å². The number of nitrogens with one attached hydrogen (secondary N) is 1. The van der Waals surface area contributed by atoms with Gasteiger partial charge in [0.15, 0.2) is 11.5 Å². The molecule has 2 amide bonds. The number of carbonyl (C=O) groups excluding carboxylic acids is 2. The molecule has 2 aromatic carbocycles. The predicted octanol–water partition coefficient (Wildman–Crippen LogP) is 3.16. The maximum atomic E-state index is 12.6. The molecular weight excluding hydrogens is 406 g/mol. The molecular formula is C25H31N3O4. The van der Waals surface area contributed by atoms with Crippen LogP contribution in [0.15, 0.2) is 49.0 Å². The van der Waals surface area contributed by atoms with Crippen molar-refractivity contribution >= 4 is 17.5 Å². The Hall–Kier alpha value is -3.32. The molecule has 1 heterocycles. The Balaban J connectivity index is 1.53. The number of ether oxygens (including phenoxy) is 2. The van der Waals surface area contributed by atoms with E-state index >= 15 is 0 Å². The number of rotatable bonds is 11. The monoisotopic (exact) mass is 437 g/mol. The third-order valence-electron chi connectivity index (χ3n) is 5.62. The fraction of sp³-hybridized carbons (Fsp3) is 0.360. The summed E-state index contributed by atoms with van der Waals surface area (Å²) in [5.74, 6) is 0.834. The Morgan fingerprint density at radius 1 is 1.09 bits per heavy atom. The summed E-state index contributed by atoms with van der Waals surface area (Å²) in [6, 6.07) is 12.8. The minimum atomic E-state index is -0.258. The highest BCUT2D eigenvalue weighted by Crippen LogP contribution is 2.31. The average molecular weight is 438 g/mol. The minimum Gasteiger partial charge on any atom is -0.493 e. The van der Waals surface area contributed by atoms with E-state index in [-0.39, 0.29) is 18.4 Å². The van der Waals surface area contributed by atoms with Gasteiger partial charge < -0.3 is 19.7 Å². The number of amides is 2. The maximum absolute atomic E-state index is 12.6. The molecule has 7 nitrogen and oxygen atoms in total. The normalized spacial score (nSPS) is 12.8. The summed E-state index contributed by atoms with van der Waals surface area (Å²) in [7, 11) is 1.59. The van der Waals surface area contributed by atoms with Crippen LogP contribution < -0.4 is 14.8 Å². The van der Waals surface area contributed by atoms with Crippen molar-refractivity contribution in [1.82, 2.24) is 15.1 Å². The highest BCUT2D eigenvalue weighted by molar-refractivity contribution is 6.10. The molecule has 0 spiro atoms. The van der Waals surface area contributed by atoms with Crippen molar-refractivity contribution in [3.8, 4) is 11.5 Å². The molecule has 0 unspecified atom stereocenters. The van der Waals surface area contributed by atoms with Gasteiger partial charge in [-0.05, 0) is 36.9 Å². The lowest BCUT2D eigenvalue weighted by Crippen LogP contribution is -2.36. The zero-order chi connectivity index (χ0) is 23.1. The third-order valence-corrected chi connectivity index (χ3v) is 5.62. The van der Waals surface area contributed by atoms with E-state index in [4.69, 9.17) is 9.47 Å². The fourth-order valence-electron chi connectivity index (χ4n) is 3.67. The molecule has 32 heavy (non-hydrogen) atoms. The molecule has 7 heteroatoms. The van der Waals surface area contributed by atoms with Crippen molar-refractivity contribution in [1.29, 1.82) is 0 Å². The summed E-state index contributed by atoms with van der Waals surface area (Å²) in [6.07, 6.45) is 0. The first-order valence-corrected chi connectivity index (χ1v) is 10.9. The zero-order valence-corrected chi connectivity index (χ0v) is 19.0. The molecule has 0 radical (unpaired) electrons. The van der Waals surface area contributed by atoms with Crippen molar-refractivity contribution < 1.29 is 19.1 Å². The number of methoxy groups -OCH3 is 1. The first kappa shape index (κ1) is 23.3. The fourth-order valence-corrected chi connectivity index (χ4v) is 3.67. The van der Waals surface area contributed by atoms with Gasteiger partial charge in [-0.1, -0.05) is 44.7 Å². The molecule has 0 atom stereocenters. The Bertz CT molecular complexity index is 950. The first-order valence-electron chi connectivity index (χ1n) is 10.9. The van der Waals surface area contributed by atoms with Crippen molar-refractivity contribution in [2.24, 2.45) is 0 Å². The SMILES string of the molecule is C=C1c2ccccc2C(=O)N1CC(=O)NCc1ccc(OCCN(CC)CC)c(OC)c1. The predicted molar refractivity (Wildman–Crippen MR) is 125 cm³/mol. The van der Waals surface area contributed by atoms with Crippen LogP contribution in [0.1, 0.15) is 35.3 Å². The second-order valence-corrected chi connectivity index (χ2v) is 7.52. The van der Waals surface area contributed by atoms with Gasteiger partial charge in [-0.15, -0.1) is 0 Å². The Morgan fingerprint density at radius 2 is 1.81 bits per heavy atom. The van der Waals surface area contributed by atoms with Crippen LogP contribution in [0.2, 0.25) is 0 Å². The molecule has 170 valence electrons. The zero-order valence-electron chi connectivity index (χ0n) is 19.0. The van der Waals surface area contributed by atoms with Crippen molar-refractivity contribution in [2.75, 3.05) is 39.9 Å². The number of nitrogens with zero attached hydrogens (tertiary/aromatic N) is 2. The highest BCUT2D eigenvalue weighted by Gasteiger charge is 2.31. The van der Waals surface area contributed by atoms with Gasteiger partial charge in [0.05, 0.1) is 7.11 Å². The summed E-state index contributed by atoms with van der Waals surface area (Å²) < 4.78 is 11.3. The van der Waals surface area contributed by atoms with Crippen LogP contribution in [0.25, 0.3) is 5.70 Å². The van der Waals surface area contributed by atoms with Crippen LogP contribution in [0, 0.1) is 0 Å². The van der Waals surface area contributed by atoms with E-state index in [0.717, 1.165) is 30.8 Å². The number of benzene rings is 2. The molecule has 0 saturated heterocycles. The molecule has 0 aromatic heterocycles. The molecule has 0 aliphatic carbocycles. The smallest absolute Gasteiger partial charge is 0.259 e. The van der Waals surface area contributed by atoms with Crippen LogP contribution in [0.3, 0.4) is 0 Å². The first-order chi connectivity index (χ1) is 15.5. The average Bonchev–Trinajstić information content (AvgIpc) is 3.06. The molecule has 3 rings (SSSR count). The molecule has 1 N–H and O–H groups in total. The molecule has 0 fully saturated rings. The summed E-state index contributed by atoms with van der Waals surface area (Å²) in [6.45, 7) is 11.9. The van der Waals surface area contributed by atoms with Gasteiger partial charge in [-0.3, -0.25) is 14.5 Å². The quantitative estimate of drug-likeness (QED) is 0.585. The van der Waals surface area contributed by atoms with Gasteiger partial charge >= 0.3 is 0 Å². The van der Waals surface area contributed by atoms with E-state index in [0.29, 0.717) is 35.9 Å². The molecule has 2 aromatic rings. The number of fused-ring (bicyclic) bond motifs is 1. The van der Waals surface area contributed by atoms with Crippen LogP contribution in [-0.4, -0.2) is 61.5 Å². The van der Waals surface area contributed by atoms with Gasteiger partial charge in [-0.25, -0.2) is 0 Å². The van der Waals surface area contributed by atoms with Crippen LogP contribution in [-0.2, 0) is 11.3 Å². The van der Waals surface area contributed by atoms with Crippen LogP contribution in [0.5, 0.6) is 11.5 Å². The van der Waals surface area contributed by atoms with E-state index in [1.807, 2.05) is 30.3 Å². The van der Waals surface area contributed by atoms with Gasteiger partial charge in [0.1, 0.15) is 13.2 Å². The summed E-state index contributed by atoms with van der Waals surface area (Å²) in [5, 5.41) is 2.86. The van der Waals surface area contributed by atoms with E-state index < -0.39 is 0 Å². The maximum Gasteiger partial charge on any atom is 0.259 e. The van der Waals surface area contributed by atoms with Crippen LogP contribution in [0.4, 0.5) is 0 Å². The lowest BCUT2D eigenvalue weighted by molar-refractivity contribution is -0.121. The van der Waals surface area contributed by atoms with Gasteiger partial charge in [-0.2, -0.15) is 0 Å². The second kappa shape index (κ2) is 10.8. The Labute approximate surface area is 189 Å². The largest absolute Gasteiger partial charge is 0.493 e.